The van der Waals surface area contributed by atoms with Crippen LogP contribution in [0.3, 0.4) is 0 Å². The van der Waals surface area contributed by atoms with Crippen molar-refractivity contribution in [3.05, 3.63) is 0 Å². The second-order valence-corrected chi connectivity index (χ2v) is 8.81. The van der Waals surface area contributed by atoms with Gasteiger partial charge in [0.15, 0.2) is 0 Å². The zero-order chi connectivity index (χ0) is 22.0. The average molecular weight is 424 g/mol. The number of esters is 1. The zero-order valence-corrected chi connectivity index (χ0v) is 17.8. The molecule has 9 heteroatoms. The molecule has 3 fully saturated rings. The van der Waals surface area contributed by atoms with Gasteiger partial charge in [0.05, 0.1) is 42.8 Å². The number of rotatable bonds is 7. The van der Waals surface area contributed by atoms with Crippen LogP contribution in [0.25, 0.3) is 0 Å². The van der Waals surface area contributed by atoms with E-state index >= 15 is 0 Å². The van der Waals surface area contributed by atoms with E-state index in [4.69, 9.17) is 9.57 Å². The molecule has 6 atom stereocenters. The largest absolute Gasteiger partial charge is 0.466 e. The smallest absolute Gasteiger partial charge is 0.307 e. The summed E-state index contributed by atoms with van der Waals surface area (Å²) < 4.78 is 4.89. The van der Waals surface area contributed by atoms with Gasteiger partial charge in [0.2, 0.25) is 11.8 Å². The highest BCUT2D eigenvalue weighted by Gasteiger charge is 2.59. The summed E-state index contributed by atoms with van der Waals surface area (Å²) in [5.41, 5.74) is 0.641. The van der Waals surface area contributed by atoms with Crippen LogP contribution in [-0.2, 0) is 24.0 Å². The molecule has 1 heterocycles. The van der Waals surface area contributed by atoms with Crippen LogP contribution in [0.15, 0.2) is 5.16 Å². The van der Waals surface area contributed by atoms with Crippen LogP contribution in [0.2, 0.25) is 0 Å². The summed E-state index contributed by atoms with van der Waals surface area (Å²) in [6.45, 7) is 6.34. The number of hydrogen-bond acceptors (Lipinski definition) is 8. The number of fused-ring (bicyclic) bond motifs is 3. The molecular weight excluding hydrogens is 392 g/mol. The fourth-order valence-electron chi connectivity index (χ4n) is 4.97. The number of amides is 2. The highest BCUT2D eigenvalue weighted by molar-refractivity contribution is 6.06. The number of oxime groups is 1. The first-order chi connectivity index (χ1) is 14.3. The lowest BCUT2D eigenvalue weighted by atomic mass is 9.60. The van der Waals surface area contributed by atoms with Gasteiger partial charge < -0.3 is 19.8 Å². The summed E-state index contributed by atoms with van der Waals surface area (Å²) in [6, 6.07) is 0. The van der Waals surface area contributed by atoms with Crippen LogP contribution in [0, 0.1) is 29.6 Å². The standard InChI is InChI=1S/C21H32N2O7/c1-4-29-16(25)7-8-23-20(27)13-6-5-12-14(22-30-10-11(2)3)9-15(24)19(26)17(12)18(13)21(23)28/h11-13,15,17-19,24,26H,4-10H2,1-3H3/t12-,13-,15-,17+,18-,19-/m1/s1. The predicted molar refractivity (Wildman–Crippen MR) is 106 cm³/mol. The number of hydrogen-bond donors (Lipinski definition) is 2. The summed E-state index contributed by atoms with van der Waals surface area (Å²) in [7, 11) is 0. The first-order valence-electron chi connectivity index (χ1n) is 10.8. The Morgan fingerprint density at radius 3 is 2.57 bits per heavy atom. The van der Waals surface area contributed by atoms with Crippen LogP contribution in [-0.4, -0.2) is 70.6 Å². The Kier molecular flexibility index (Phi) is 7.13. The molecule has 2 N–H and O–H groups in total. The molecule has 2 amide bonds. The monoisotopic (exact) mass is 424 g/mol. The molecule has 1 saturated heterocycles. The molecule has 0 spiro atoms. The topological polar surface area (TPSA) is 126 Å². The van der Waals surface area contributed by atoms with E-state index in [1.54, 1.807) is 6.92 Å². The van der Waals surface area contributed by atoms with Crippen molar-refractivity contribution in [1.29, 1.82) is 0 Å². The van der Waals surface area contributed by atoms with Crippen molar-refractivity contribution in [2.75, 3.05) is 19.8 Å². The summed E-state index contributed by atoms with van der Waals surface area (Å²) in [4.78, 5) is 44.2. The third kappa shape index (κ3) is 4.37. The molecule has 0 radical (unpaired) electrons. The van der Waals surface area contributed by atoms with Crippen molar-refractivity contribution in [3.8, 4) is 0 Å². The predicted octanol–water partition coefficient (Wildman–Crippen LogP) is 0.721. The van der Waals surface area contributed by atoms with E-state index in [0.717, 1.165) is 4.90 Å². The molecule has 1 aliphatic heterocycles. The van der Waals surface area contributed by atoms with Crippen LogP contribution >= 0.6 is 0 Å². The van der Waals surface area contributed by atoms with Gasteiger partial charge >= 0.3 is 5.97 Å². The number of aliphatic hydroxyl groups is 2. The first kappa shape index (κ1) is 22.7. The molecule has 2 saturated carbocycles. The fourth-order valence-corrected chi connectivity index (χ4v) is 4.97. The van der Waals surface area contributed by atoms with E-state index in [1.807, 2.05) is 13.8 Å². The van der Waals surface area contributed by atoms with E-state index < -0.39 is 35.9 Å². The third-order valence-corrected chi connectivity index (χ3v) is 6.31. The van der Waals surface area contributed by atoms with Gasteiger partial charge in [-0.05, 0) is 25.7 Å². The fraction of sp³-hybridized carbons (Fsp3) is 0.810. The Morgan fingerprint density at radius 1 is 1.20 bits per heavy atom. The van der Waals surface area contributed by atoms with E-state index in [1.165, 1.54) is 0 Å². The van der Waals surface area contributed by atoms with E-state index in [-0.39, 0.29) is 43.7 Å². The number of likely N-dealkylation sites (tertiary alicyclic amines) is 1. The SMILES string of the molecule is CCOC(=O)CCN1C(=O)[C@H]2[C@H]3[C@H](O)[C@H](O)CC(=NOCC(C)C)[C@H]3CC[C@H]2C1=O. The molecule has 3 aliphatic rings. The number of imide groups is 1. The highest BCUT2D eigenvalue weighted by Crippen LogP contribution is 2.49. The van der Waals surface area contributed by atoms with Crippen molar-refractivity contribution < 1.29 is 34.2 Å². The Hall–Kier alpha value is -2.00. The highest BCUT2D eigenvalue weighted by atomic mass is 16.6. The quantitative estimate of drug-likeness (QED) is 0.350. The van der Waals surface area contributed by atoms with Crippen molar-refractivity contribution in [2.45, 2.75) is 58.7 Å². The van der Waals surface area contributed by atoms with Crippen molar-refractivity contribution >= 4 is 23.5 Å². The Morgan fingerprint density at radius 2 is 1.90 bits per heavy atom. The number of nitrogens with zero attached hydrogens (tertiary/aromatic N) is 2. The van der Waals surface area contributed by atoms with Crippen LogP contribution in [0.1, 0.15) is 46.5 Å². The Labute approximate surface area is 176 Å². The third-order valence-electron chi connectivity index (χ3n) is 6.31. The molecule has 0 aromatic heterocycles. The molecule has 9 nitrogen and oxygen atoms in total. The van der Waals surface area contributed by atoms with Gasteiger partial charge in [-0.3, -0.25) is 19.3 Å². The van der Waals surface area contributed by atoms with Crippen molar-refractivity contribution in [3.63, 3.8) is 0 Å². The molecule has 168 valence electrons. The van der Waals surface area contributed by atoms with Crippen molar-refractivity contribution in [1.82, 2.24) is 4.90 Å². The van der Waals surface area contributed by atoms with E-state index in [9.17, 15) is 24.6 Å². The number of carbonyl (C=O) groups is 3. The summed E-state index contributed by atoms with van der Waals surface area (Å²) in [5.74, 6) is -2.96. The van der Waals surface area contributed by atoms with E-state index in [0.29, 0.717) is 31.1 Å². The van der Waals surface area contributed by atoms with Gasteiger partial charge in [0.1, 0.15) is 6.61 Å². The van der Waals surface area contributed by atoms with Gasteiger partial charge in [-0.1, -0.05) is 19.0 Å². The molecule has 0 aromatic carbocycles. The van der Waals surface area contributed by atoms with Gasteiger partial charge in [-0.2, -0.15) is 0 Å². The summed E-state index contributed by atoms with van der Waals surface area (Å²) >= 11 is 0. The maximum atomic E-state index is 13.1. The molecule has 0 bridgehead atoms. The van der Waals surface area contributed by atoms with Gasteiger partial charge in [-0.15, -0.1) is 0 Å². The van der Waals surface area contributed by atoms with Gasteiger partial charge in [0, 0.05) is 24.8 Å². The van der Waals surface area contributed by atoms with Crippen molar-refractivity contribution in [2.24, 2.45) is 34.7 Å². The molecule has 0 unspecified atom stereocenters. The average Bonchev–Trinajstić information content (AvgIpc) is 2.94. The zero-order valence-electron chi connectivity index (χ0n) is 17.8. The van der Waals surface area contributed by atoms with Crippen LogP contribution in [0.4, 0.5) is 0 Å². The Bertz CT molecular complexity index is 707. The summed E-state index contributed by atoms with van der Waals surface area (Å²) in [6.07, 6.45) is -0.967. The second kappa shape index (κ2) is 9.43. The number of carbonyl (C=O) groups excluding carboxylic acids is 3. The molecule has 3 rings (SSSR count). The van der Waals surface area contributed by atoms with Gasteiger partial charge in [-0.25, -0.2) is 0 Å². The maximum absolute atomic E-state index is 13.1. The van der Waals surface area contributed by atoms with Gasteiger partial charge in [0.25, 0.3) is 0 Å². The first-order valence-corrected chi connectivity index (χ1v) is 10.8. The minimum atomic E-state index is -1.12. The molecular formula is C21H32N2O7. The normalized spacial score (nSPS) is 34.9. The minimum absolute atomic E-state index is 0.0298. The second-order valence-electron chi connectivity index (χ2n) is 8.81. The number of ether oxygens (including phenoxy) is 1. The van der Waals surface area contributed by atoms with Crippen LogP contribution < -0.4 is 0 Å². The lowest BCUT2D eigenvalue weighted by molar-refractivity contribution is -0.145. The van der Waals surface area contributed by atoms with Crippen LogP contribution in [0.5, 0.6) is 0 Å². The lowest BCUT2D eigenvalue weighted by Crippen LogP contribution is -2.54. The number of aliphatic hydroxyl groups excluding tert-OH is 2. The molecule has 30 heavy (non-hydrogen) atoms. The summed E-state index contributed by atoms with van der Waals surface area (Å²) in [5, 5.41) is 25.4. The van der Waals surface area contributed by atoms with E-state index in [2.05, 4.69) is 5.16 Å². The molecule has 0 aromatic rings. The minimum Gasteiger partial charge on any atom is -0.466 e. The lowest BCUT2D eigenvalue weighted by Gasteiger charge is -2.45. The maximum Gasteiger partial charge on any atom is 0.307 e. The molecule has 2 aliphatic carbocycles. The Balaban J connectivity index is 1.79.